The van der Waals surface area contributed by atoms with Crippen molar-refractivity contribution in [3.63, 3.8) is 0 Å². The average Bonchev–Trinajstić information content (AvgIpc) is 2.93. The minimum Gasteiger partial charge on any atom is -0.481 e. The van der Waals surface area contributed by atoms with Gasteiger partial charge >= 0.3 is 5.97 Å². The van der Waals surface area contributed by atoms with E-state index >= 15 is 0 Å². The van der Waals surface area contributed by atoms with Gasteiger partial charge in [-0.15, -0.1) is 0 Å². The Bertz CT molecular complexity index is 805. The molecule has 0 spiro atoms. The highest BCUT2D eigenvalue weighted by Crippen LogP contribution is 2.69. The Balaban J connectivity index is 1.71. The number of ketones is 1. The first-order valence-electron chi connectivity index (χ1n) is 11.4. The summed E-state index contributed by atoms with van der Waals surface area (Å²) in [6, 6.07) is 0. The molecule has 0 aromatic heterocycles. The van der Waals surface area contributed by atoms with Gasteiger partial charge in [0, 0.05) is 25.0 Å². The van der Waals surface area contributed by atoms with E-state index in [-0.39, 0.29) is 39.3 Å². The van der Waals surface area contributed by atoms with Gasteiger partial charge in [-0.1, -0.05) is 31.2 Å². The number of hydrogen-bond donors (Lipinski definition) is 2. The molecule has 3 saturated carbocycles. The Kier molecular flexibility index (Phi) is 5.50. The maximum Gasteiger partial charge on any atom is 0.303 e. The quantitative estimate of drug-likeness (QED) is 0.683. The highest BCUT2D eigenvalue weighted by Gasteiger charge is 2.65. The van der Waals surface area contributed by atoms with Crippen LogP contribution in [0, 0.1) is 28.6 Å². The zero-order chi connectivity index (χ0) is 21.9. The molecule has 0 amide bonds. The molecule has 0 aromatic rings. The standard InChI is InChI=1S/C24H34O5S/c1-14(25)30-19-13-15-12-16(26)4-8-22(15,2)17-5-9-23(3)18(21(17)19)6-10-24(23,29)11-7-20(27)28/h12,17-19,21,29H,4-11,13H2,1-3H3,(H,27,28)/t17-,18-,19?,21+,22-,23-,24-/m0/s1. The molecule has 2 N–H and O–H groups in total. The zero-order valence-corrected chi connectivity index (χ0v) is 19.1. The van der Waals surface area contributed by atoms with Crippen LogP contribution in [0.15, 0.2) is 11.6 Å². The van der Waals surface area contributed by atoms with E-state index in [0.717, 1.165) is 32.1 Å². The van der Waals surface area contributed by atoms with Crippen molar-refractivity contribution in [2.75, 3.05) is 0 Å². The van der Waals surface area contributed by atoms with Crippen molar-refractivity contribution >= 4 is 28.6 Å². The number of carbonyl (C=O) groups is 3. The van der Waals surface area contributed by atoms with Crippen molar-refractivity contribution < 1.29 is 24.6 Å². The molecule has 0 bridgehead atoms. The lowest BCUT2D eigenvalue weighted by Gasteiger charge is -2.61. The number of hydrogen-bond acceptors (Lipinski definition) is 5. The Hall–Kier alpha value is -1.14. The number of thioether (sulfide) groups is 1. The van der Waals surface area contributed by atoms with E-state index in [0.29, 0.717) is 31.1 Å². The molecule has 0 radical (unpaired) electrons. The SMILES string of the molecule is CC(=O)SC1CC2=CC(=O)CC[C@]2(C)[C@H]2CC[C@@]3(C)[C@@H](CC[C@]3(O)CCC(=O)O)[C@H]12. The van der Waals surface area contributed by atoms with E-state index in [1.165, 1.54) is 17.3 Å². The molecule has 0 aliphatic heterocycles. The maximum absolute atomic E-state index is 12.2. The van der Waals surface area contributed by atoms with Crippen LogP contribution in [0.2, 0.25) is 0 Å². The van der Waals surface area contributed by atoms with Crippen molar-refractivity contribution in [3.8, 4) is 0 Å². The summed E-state index contributed by atoms with van der Waals surface area (Å²) in [5.74, 6) is 0.343. The minimum absolute atomic E-state index is 0.00444. The van der Waals surface area contributed by atoms with Crippen molar-refractivity contribution in [1.29, 1.82) is 0 Å². The van der Waals surface area contributed by atoms with Gasteiger partial charge in [0.2, 0.25) is 0 Å². The van der Waals surface area contributed by atoms with Gasteiger partial charge in [-0.05, 0) is 79.6 Å². The number of aliphatic hydroxyl groups is 1. The molecule has 166 valence electrons. The van der Waals surface area contributed by atoms with Crippen LogP contribution in [-0.4, -0.2) is 37.9 Å². The van der Waals surface area contributed by atoms with E-state index in [1.807, 2.05) is 6.08 Å². The summed E-state index contributed by atoms with van der Waals surface area (Å²) in [6.07, 6.45) is 7.76. The lowest BCUT2D eigenvalue weighted by atomic mass is 9.46. The molecule has 0 aromatic carbocycles. The van der Waals surface area contributed by atoms with Gasteiger partial charge in [0.25, 0.3) is 0 Å². The second kappa shape index (κ2) is 7.47. The zero-order valence-electron chi connectivity index (χ0n) is 18.3. The summed E-state index contributed by atoms with van der Waals surface area (Å²) in [5.41, 5.74) is -0.0514. The molecule has 0 saturated heterocycles. The smallest absolute Gasteiger partial charge is 0.303 e. The van der Waals surface area contributed by atoms with Gasteiger partial charge in [0.1, 0.15) is 0 Å². The fourth-order valence-corrected chi connectivity index (χ4v) is 8.90. The number of aliphatic carboxylic acids is 1. The molecule has 7 atom stereocenters. The van der Waals surface area contributed by atoms with E-state index < -0.39 is 11.6 Å². The first-order valence-corrected chi connectivity index (χ1v) is 12.2. The van der Waals surface area contributed by atoms with Crippen LogP contribution in [0.4, 0.5) is 0 Å². The van der Waals surface area contributed by atoms with Crippen molar-refractivity contribution in [1.82, 2.24) is 0 Å². The summed E-state index contributed by atoms with van der Waals surface area (Å²) >= 11 is 1.42. The number of carbonyl (C=O) groups excluding carboxylic acids is 2. The molecule has 0 heterocycles. The van der Waals surface area contributed by atoms with E-state index in [2.05, 4.69) is 13.8 Å². The van der Waals surface area contributed by atoms with Crippen LogP contribution < -0.4 is 0 Å². The van der Waals surface area contributed by atoms with Gasteiger partial charge in [0.05, 0.1) is 5.60 Å². The average molecular weight is 435 g/mol. The van der Waals surface area contributed by atoms with Crippen molar-refractivity contribution in [3.05, 3.63) is 11.6 Å². The molecule has 5 nitrogen and oxygen atoms in total. The molecular formula is C24H34O5S. The fourth-order valence-electron chi connectivity index (χ4n) is 7.67. The number of fused-ring (bicyclic) bond motifs is 5. The molecular weight excluding hydrogens is 400 g/mol. The lowest BCUT2D eigenvalue weighted by molar-refractivity contribution is -0.146. The number of rotatable bonds is 4. The van der Waals surface area contributed by atoms with Gasteiger partial charge in [-0.2, -0.15) is 0 Å². The maximum atomic E-state index is 12.2. The number of carboxylic acids is 1. The predicted octanol–water partition coefficient (Wildman–Crippen LogP) is 4.37. The summed E-state index contributed by atoms with van der Waals surface area (Å²) in [7, 11) is 0. The van der Waals surface area contributed by atoms with Crippen molar-refractivity contribution in [2.24, 2.45) is 28.6 Å². The Labute approximate surface area is 183 Å². The molecule has 1 unspecified atom stereocenters. The van der Waals surface area contributed by atoms with E-state index in [9.17, 15) is 24.6 Å². The molecule has 6 heteroatoms. The Morgan fingerprint density at radius 2 is 1.87 bits per heavy atom. The number of carboxylic acid groups (broad SMARTS) is 1. The first kappa shape index (κ1) is 22.1. The van der Waals surface area contributed by atoms with Gasteiger partial charge < -0.3 is 10.2 Å². The van der Waals surface area contributed by atoms with Crippen molar-refractivity contribution in [2.45, 2.75) is 89.4 Å². The van der Waals surface area contributed by atoms with Crippen LogP contribution >= 0.6 is 11.8 Å². The second-order valence-corrected chi connectivity index (χ2v) is 12.0. The molecule has 30 heavy (non-hydrogen) atoms. The molecule has 4 rings (SSSR count). The number of allylic oxidation sites excluding steroid dienone is 1. The third kappa shape index (κ3) is 3.29. The van der Waals surface area contributed by atoms with Gasteiger partial charge in [-0.25, -0.2) is 0 Å². The Morgan fingerprint density at radius 3 is 2.53 bits per heavy atom. The van der Waals surface area contributed by atoms with Crippen LogP contribution in [0.5, 0.6) is 0 Å². The molecule has 4 aliphatic carbocycles. The lowest BCUT2D eigenvalue weighted by Crippen LogP contribution is -2.58. The summed E-state index contributed by atoms with van der Waals surface area (Å²) in [6.45, 7) is 6.09. The minimum atomic E-state index is -0.952. The van der Waals surface area contributed by atoms with Gasteiger partial charge in [-0.3, -0.25) is 14.4 Å². The topological polar surface area (TPSA) is 91.7 Å². The van der Waals surface area contributed by atoms with E-state index in [1.54, 1.807) is 6.92 Å². The predicted molar refractivity (Wildman–Crippen MR) is 116 cm³/mol. The highest BCUT2D eigenvalue weighted by molar-refractivity contribution is 8.14. The third-order valence-corrected chi connectivity index (χ3v) is 10.5. The van der Waals surface area contributed by atoms with E-state index in [4.69, 9.17) is 0 Å². The summed E-state index contributed by atoms with van der Waals surface area (Å²) in [4.78, 5) is 35.5. The van der Waals surface area contributed by atoms with Crippen LogP contribution in [-0.2, 0) is 14.4 Å². The molecule has 3 fully saturated rings. The fraction of sp³-hybridized carbons (Fsp3) is 0.792. The first-order chi connectivity index (χ1) is 14.0. The van der Waals surface area contributed by atoms with Crippen LogP contribution in [0.3, 0.4) is 0 Å². The largest absolute Gasteiger partial charge is 0.481 e. The summed E-state index contributed by atoms with van der Waals surface area (Å²) < 4.78 is 0. The monoisotopic (exact) mass is 434 g/mol. The second-order valence-electron chi connectivity index (χ2n) is 10.6. The van der Waals surface area contributed by atoms with Crippen LogP contribution in [0.25, 0.3) is 0 Å². The summed E-state index contributed by atoms with van der Waals surface area (Å²) in [5, 5.41) is 21.0. The van der Waals surface area contributed by atoms with Crippen LogP contribution in [0.1, 0.15) is 78.6 Å². The third-order valence-electron chi connectivity index (χ3n) is 9.35. The normalized spacial score (nSPS) is 45.2. The molecule has 4 aliphatic rings. The Morgan fingerprint density at radius 1 is 1.17 bits per heavy atom. The van der Waals surface area contributed by atoms with Gasteiger partial charge in [0.15, 0.2) is 10.9 Å². The highest BCUT2D eigenvalue weighted by atomic mass is 32.2.